The summed E-state index contributed by atoms with van der Waals surface area (Å²) in [6.07, 6.45) is 4.21. The molecule has 1 aromatic carbocycles. The minimum absolute atomic E-state index is 0.930. The van der Waals surface area contributed by atoms with Gasteiger partial charge in [-0.05, 0) is 40.5 Å². The molecule has 0 heterocycles. The molecule has 0 aliphatic heterocycles. The van der Waals surface area contributed by atoms with Gasteiger partial charge in [0, 0.05) is 0 Å². The van der Waals surface area contributed by atoms with Gasteiger partial charge in [0.1, 0.15) is 5.75 Å². The van der Waals surface area contributed by atoms with Crippen LogP contribution in [-0.2, 0) is 6.42 Å². The van der Waals surface area contributed by atoms with Gasteiger partial charge < -0.3 is 4.74 Å². The van der Waals surface area contributed by atoms with Crippen molar-refractivity contribution in [2.45, 2.75) is 12.8 Å². The van der Waals surface area contributed by atoms with E-state index >= 15 is 0 Å². The summed E-state index contributed by atoms with van der Waals surface area (Å²) < 4.78 is 6.38. The maximum atomic E-state index is 5.20. The van der Waals surface area contributed by atoms with Gasteiger partial charge in [0.05, 0.1) is 7.11 Å². The minimum Gasteiger partial charge on any atom is -0.497 e. The Morgan fingerprint density at radius 3 is 2.86 bits per heavy atom. The fourth-order valence-corrected chi connectivity index (χ4v) is 1.76. The van der Waals surface area contributed by atoms with Crippen LogP contribution in [0.2, 0.25) is 0 Å². The molecule has 2 heteroatoms. The maximum absolute atomic E-state index is 5.20. The van der Waals surface area contributed by atoms with Crippen LogP contribution in [0.15, 0.2) is 24.8 Å². The van der Waals surface area contributed by atoms with Crippen LogP contribution < -0.4 is 4.74 Å². The smallest absolute Gasteiger partial charge is 0.119 e. The van der Waals surface area contributed by atoms with Gasteiger partial charge in [-0.1, -0.05) is 41.3 Å². The Balaban J connectivity index is 2.90. The van der Waals surface area contributed by atoms with Gasteiger partial charge in [-0.25, -0.2) is 0 Å². The van der Waals surface area contributed by atoms with Crippen LogP contribution in [0.1, 0.15) is 17.5 Å². The molecule has 0 spiro atoms. The molecule has 0 atom stereocenters. The second kappa shape index (κ2) is 6.06. The summed E-state index contributed by atoms with van der Waals surface area (Å²) in [5.74, 6) is 0.930. The average molecular weight is 302 g/mol. The van der Waals surface area contributed by atoms with E-state index in [1.54, 1.807) is 7.11 Å². The number of halogens is 1. The third kappa shape index (κ3) is 3.01. The Hall–Kier alpha value is -0.510. The topological polar surface area (TPSA) is 9.23 Å². The fourth-order valence-electron chi connectivity index (χ4n) is 1.38. The number of alkyl halides is 1. The van der Waals surface area contributed by atoms with Crippen molar-refractivity contribution in [3.05, 3.63) is 35.9 Å². The zero-order valence-corrected chi connectivity index (χ0v) is 10.6. The molecule has 0 aliphatic rings. The van der Waals surface area contributed by atoms with E-state index in [4.69, 9.17) is 4.74 Å². The van der Waals surface area contributed by atoms with Gasteiger partial charge in [-0.2, -0.15) is 0 Å². The van der Waals surface area contributed by atoms with Gasteiger partial charge in [0.25, 0.3) is 0 Å². The van der Waals surface area contributed by atoms with E-state index in [2.05, 4.69) is 41.3 Å². The highest BCUT2D eigenvalue weighted by Gasteiger charge is 2.01. The summed E-state index contributed by atoms with van der Waals surface area (Å²) in [5, 5.41) is 0. The zero-order valence-electron chi connectivity index (χ0n) is 8.42. The van der Waals surface area contributed by atoms with Crippen molar-refractivity contribution in [1.29, 1.82) is 0 Å². The van der Waals surface area contributed by atoms with Crippen molar-refractivity contribution in [3.8, 4) is 5.75 Å². The molecule has 0 amide bonds. The Morgan fingerprint density at radius 2 is 2.29 bits per heavy atom. The average Bonchev–Trinajstić information content (AvgIpc) is 2.25. The van der Waals surface area contributed by atoms with E-state index in [-0.39, 0.29) is 0 Å². The van der Waals surface area contributed by atoms with Crippen molar-refractivity contribution in [2.75, 3.05) is 11.5 Å². The summed E-state index contributed by atoms with van der Waals surface area (Å²) in [6.45, 7) is 3.81. The lowest BCUT2D eigenvalue weighted by Crippen LogP contribution is -1.92. The molecule has 0 saturated heterocycles. The second-order valence-corrected chi connectivity index (χ2v) is 4.14. The Morgan fingerprint density at radius 1 is 1.50 bits per heavy atom. The lowest BCUT2D eigenvalue weighted by molar-refractivity contribution is 0.414. The number of ether oxygens (including phenoxy) is 1. The first-order chi connectivity index (χ1) is 6.81. The van der Waals surface area contributed by atoms with Crippen LogP contribution in [0.5, 0.6) is 5.75 Å². The molecule has 0 fully saturated rings. The normalized spacial score (nSPS) is 9.86. The molecule has 1 nitrogen and oxygen atoms in total. The standard InChI is InChI=1S/C12H15IO/c1-3-10-6-7-12(14-2)9-11(10)5-4-8-13/h3,6-7,9H,1,4-5,8H2,2H3. The van der Waals surface area contributed by atoms with Crippen molar-refractivity contribution >= 4 is 28.7 Å². The second-order valence-electron chi connectivity index (χ2n) is 3.06. The number of aryl methyl sites for hydroxylation is 1. The molecule has 0 aromatic heterocycles. The van der Waals surface area contributed by atoms with Crippen molar-refractivity contribution in [3.63, 3.8) is 0 Å². The lowest BCUT2D eigenvalue weighted by Gasteiger charge is -2.07. The van der Waals surface area contributed by atoms with E-state index in [1.165, 1.54) is 22.0 Å². The van der Waals surface area contributed by atoms with Crippen LogP contribution in [0.4, 0.5) is 0 Å². The van der Waals surface area contributed by atoms with Crippen LogP contribution in [0.25, 0.3) is 6.08 Å². The molecule has 14 heavy (non-hydrogen) atoms. The molecule has 1 aromatic rings. The summed E-state index contributed by atoms with van der Waals surface area (Å²) in [7, 11) is 1.70. The van der Waals surface area contributed by atoms with E-state index in [0.717, 1.165) is 12.2 Å². The number of rotatable bonds is 5. The van der Waals surface area contributed by atoms with Crippen molar-refractivity contribution in [2.24, 2.45) is 0 Å². The van der Waals surface area contributed by atoms with Crippen molar-refractivity contribution < 1.29 is 4.74 Å². The molecular weight excluding hydrogens is 287 g/mol. The van der Waals surface area contributed by atoms with Gasteiger partial charge in [0.15, 0.2) is 0 Å². The Bertz CT molecular complexity index is 307. The molecule has 0 aliphatic carbocycles. The molecule has 76 valence electrons. The van der Waals surface area contributed by atoms with Crippen LogP contribution in [0, 0.1) is 0 Å². The summed E-state index contributed by atoms with van der Waals surface area (Å²) >= 11 is 2.40. The maximum Gasteiger partial charge on any atom is 0.119 e. The van der Waals surface area contributed by atoms with Gasteiger partial charge in [-0.15, -0.1) is 0 Å². The highest BCUT2D eigenvalue weighted by molar-refractivity contribution is 14.1. The highest BCUT2D eigenvalue weighted by atomic mass is 127. The molecule has 0 radical (unpaired) electrons. The number of benzene rings is 1. The number of methoxy groups -OCH3 is 1. The molecule has 0 N–H and O–H groups in total. The molecule has 0 saturated carbocycles. The minimum atomic E-state index is 0.930. The van der Waals surface area contributed by atoms with Crippen molar-refractivity contribution in [1.82, 2.24) is 0 Å². The highest BCUT2D eigenvalue weighted by Crippen LogP contribution is 2.20. The fraction of sp³-hybridized carbons (Fsp3) is 0.333. The number of hydrogen-bond donors (Lipinski definition) is 0. The zero-order chi connectivity index (χ0) is 10.4. The quantitative estimate of drug-likeness (QED) is 0.595. The SMILES string of the molecule is C=Cc1ccc(OC)cc1CCCI. The largest absolute Gasteiger partial charge is 0.497 e. The first-order valence-corrected chi connectivity index (χ1v) is 6.19. The van der Waals surface area contributed by atoms with E-state index in [0.29, 0.717) is 0 Å². The van der Waals surface area contributed by atoms with Crippen LogP contribution >= 0.6 is 22.6 Å². The predicted octanol–water partition coefficient (Wildman–Crippen LogP) is 3.71. The first kappa shape index (κ1) is 11.6. The Kier molecular flexibility index (Phi) is 5.01. The van der Waals surface area contributed by atoms with E-state index in [9.17, 15) is 0 Å². The molecule has 0 unspecified atom stereocenters. The Labute approximate surface area is 99.3 Å². The van der Waals surface area contributed by atoms with Crippen LogP contribution in [-0.4, -0.2) is 11.5 Å². The summed E-state index contributed by atoms with van der Waals surface area (Å²) in [6, 6.07) is 6.14. The molecule has 1 rings (SSSR count). The van der Waals surface area contributed by atoms with E-state index in [1.807, 2.05) is 12.1 Å². The summed E-state index contributed by atoms with van der Waals surface area (Å²) in [5.41, 5.74) is 2.55. The predicted molar refractivity (Wildman–Crippen MR) is 70.3 cm³/mol. The van der Waals surface area contributed by atoms with Gasteiger partial charge >= 0.3 is 0 Å². The van der Waals surface area contributed by atoms with Gasteiger partial charge in [0.2, 0.25) is 0 Å². The third-order valence-electron chi connectivity index (χ3n) is 2.15. The van der Waals surface area contributed by atoms with Crippen LogP contribution in [0.3, 0.4) is 0 Å². The molecule has 0 bridgehead atoms. The third-order valence-corrected chi connectivity index (χ3v) is 2.91. The van der Waals surface area contributed by atoms with E-state index < -0.39 is 0 Å². The number of hydrogen-bond acceptors (Lipinski definition) is 1. The monoisotopic (exact) mass is 302 g/mol. The lowest BCUT2D eigenvalue weighted by atomic mass is 10.0. The summed E-state index contributed by atoms with van der Waals surface area (Å²) in [4.78, 5) is 0. The van der Waals surface area contributed by atoms with Gasteiger partial charge in [-0.3, -0.25) is 0 Å². The molecular formula is C12H15IO. The first-order valence-electron chi connectivity index (χ1n) is 4.67.